The quantitative estimate of drug-likeness (QED) is 0.617. The summed E-state index contributed by atoms with van der Waals surface area (Å²) in [6.45, 7) is 0.475. The molecule has 3 aromatic rings. The van der Waals surface area contributed by atoms with Gasteiger partial charge in [-0.3, -0.25) is 9.78 Å². The van der Waals surface area contributed by atoms with Crippen LogP contribution in [0.4, 0.5) is 11.4 Å². The van der Waals surface area contributed by atoms with Crippen LogP contribution in [0.3, 0.4) is 0 Å². The molecular formula is C19H17N3OS. The van der Waals surface area contributed by atoms with Gasteiger partial charge in [-0.2, -0.15) is 0 Å². The van der Waals surface area contributed by atoms with Crippen molar-refractivity contribution < 1.29 is 4.79 Å². The van der Waals surface area contributed by atoms with E-state index in [1.54, 1.807) is 12.3 Å². The SMILES string of the molecule is O=C(NCc1ccccc1)c1cc(Nc2ccc(S)cc2)ccn1. The number of hydrogen-bond donors (Lipinski definition) is 3. The van der Waals surface area contributed by atoms with Gasteiger partial charge < -0.3 is 10.6 Å². The number of pyridine rings is 1. The minimum absolute atomic E-state index is 0.201. The summed E-state index contributed by atoms with van der Waals surface area (Å²) in [7, 11) is 0. The molecule has 0 saturated heterocycles. The Hall–Kier alpha value is -2.79. The van der Waals surface area contributed by atoms with Crippen LogP contribution in [0.5, 0.6) is 0 Å². The molecule has 2 aromatic carbocycles. The van der Waals surface area contributed by atoms with E-state index in [9.17, 15) is 4.79 Å². The van der Waals surface area contributed by atoms with Crippen molar-refractivity contribution in [3.63, 3.8) is 0 Å². The lowest BCUT2D eigenvalue weighted by molar-refractivity contribution is 0.0946. The van der Waals surface area contributed by atoms with Gasteiger partial charge in [0.15, 0.2) is 0 Å². The van der Waals surface area contributed by atoms with Crippen LogP contribution in [-0.4, -0.2) is 10.9 Å². The molecule has 5 heteroatoms. The first-order valence-electron chi connectivity index (χ1n) is 7.55. The summed E-state index contributed by atoms with van der Waals surface area (Å²) < 4.78 is 0. The van der Waals surface area contributed by atoms with E-state index in [2.05, 4.69) is 28.2 Å². The summed E-state index contributed by atoms with van der Waals surface area (Å²) >= 11 is 4.26. The topological polar surface area (TPSA) is 54.0 Å². The second-order valence-electron chi connectivity index (χ2n) is 5.27. The van der Waals surface area contributed by atoms with E-state index in [4.69, 9.17) is 0 Å². The van der Waals surface area contributed by atoms with Crippen molar-refractivity contribution in [3.8, 4) is 0 Å². The number of amides is 1. The maximum atomic E-state index is 12.3. The zero-order chi connectivity index (χ0) is 16.8. The first-order valence-corrected chi connectivity index (χ1v) is 8.00. The van der Waals surface area contributed by atoms with Crippen LogP contribution in [0.1, 0.15) is 16.1 Å². The summed E-state index contributed by atoms with van der Waals surface area (Å²) in [5, 5.41) is 6.12. The average molecular weight is 335 g/mol. The van der Waals surface area contributed by atoms with Gasteiger partial charge in [0, 0.05) is 29.0 Å². The maximum absolute atomic E-state index is 12.3. The fourth-order valence-electron chi connectivity index (χ4n) is 2.21. The second kappa shape index (κ2) is 7.66. The van der Waals surface area contributed by atoms with Crippen LogP contribution in [0.2, 0.25) is 0 Å². The van der Waals surface area contributed by atoms with Crippen LogP contribution in [0.15, 0.2) is 77.8 Å². The van der Waals surface area contributed by atoms with E-state index in [1.165, 1.54) is 0 Å². The van der Waals surface area contributed by atoms with E-state index in [-0.39, 0.29) is 5.91 Å². The van der Waals surface area contributed by atoms with Gasteiger partial charge in [-0.25, -0.2) is 0 Å². The molecule has 0 radical (unpaired) electrons. The van der Waals surface area contributed by atoms with Gasteiger partial charge in [0.1, 0.15) is 5.69 Å². The summed E-state index contributed by atoms with van der Waals surface area (Å²) in [5.41, 5.74) is 3.16. The number of nitrogens with one attached hydrogen (secondary N) is 2. The van der Waals surface area contributed by atoms with Crippen molar-refractivity contribution in [2.45, 2.75) is 11.4 Å². The predicted octanol–water partition coefficient (Wildman–Crippen LogP) is 4.04. The molecule has 1 amide bonds. The fraction of sp³-hybridized carbons (Fsp3) is 0.0526. The largest absolute Gasteiger partial charge is 0.355 e. The molecule has 0 aliphatic rings. The third-order valence-electron chi connectivity index (χ3n) is 3.44. The first kappa shape index (κ1) is 16.1. The molecular weight excluding hydrogens is 318 g/mol. The zero-order valence-electron chi connectivity index (χ0n) is 12.9. The number of carbonyl (C=O) groups excluding carboxylic acids is 1. The van der Waals surface area contributed by atoms with E-state index < -0.39 is 0 Å². The number of thiol groups is 1. The molecule has 0 unspecified atom stereocenters. The number of carbonyl (C=O) groups is 1. The Balaban J connectivity index is 1.65. The Morgan fingerprint density at radius 1 is 0.958 bits per heavy atom. The molecule has 1 heterocycles. The van der Waals surface area contributed by atoms with Crippen LogP contribution >= 0.6 is 12.6 Å². The van der Waals surface area contributed by atoms with Crippen LogP contribution in [-0.2, 0) is 6.54 Å². The predicted molar refractivity (Wildman–Crippen MR) is 98.8 cm³/mol. The molecule has 24 heavy (non-hydrogen) atoms. The smallest absolute Gasteiger partial charge is 0.270 e. The highest BCUT2D eigenvalue weighted by Gasteiger charge is 2.08. The van der Waals surface area contributed by atoms with Gasteiger partial charge in [-0.1, -0.05) is 30.3 Å². The maximum Gasteiger partial charge on any atom is 0.270 e. The minimum Gasteiger partial charge on any atom is -0.355 e. The van der Waals surface area contributed by atoms with Gasteiger partial charge in [-0.05, 0) is 42.0 Å². The number of anilines is 2. The normalized spacial score (nSPS) is 10.2. The Kier molecular flexibility index (Phi) is 5.13. The Morgan fingerprint density at radius 3 is 2.46 bits per heavy atom. The molecule has 4 nitrogen and oxygen atoms in total. The van der Waals surface area contributed by atoms with Crippen LogP contribution in [0, 0.1) is 0 Å². The summed E-state index contributed by atoms with van der Waals surface area (Å²) in [5.74, 6) is -0.201. The third-order valence-corrected chi connectivity index (χ3v) is 3.74. The lowest BCUT2D eigenvalue weighted by atomic mass is 10.2. The average Bonchev–Trinajstić information content (AvgIpc) is 2.63. The van der Waals surface area contributed by atoms with Crippen molar-refractivity contribution >= 4 is 29.9 Å². The van der Waals surface area contributed by atoms with Gasteiger partial charge in [-0.15, -0.1) is 12.6 Å². The lowest BCUT2D eigenvalue weighted by Crippen LogP contribution is -2.23. The molecule has 0 atom stereocenters. The van der Waals surface area contributed by atoms with Gasteiger partial charge in [0.25, 0.3) is 5.91 Å². The first-order chi connectivity index (χ1) is 11.7. The third kappa shape index (κ3) is 4.36. The summed E-state index contributed by atoms with van der Waals surface area (Å²) in [6.07, 6.45) is 1.62. The van der Waals surface area contributed by atoms with E-state index in [0.29, 0.717) is 12.2 Å². The van der Waals surface area contributed by atoms with Crippen LogP contribution in [0.25, 0.3) is 0 Å². The van der Waals surface area contributed by atoms with Crippen molar-refractivity contribution in [2.24, 2.45) is 0 Å². The highest BCUT2D eigenvalue weighted by atomic mass is 32.1. The second-order valence-corrected chi connectivity index (χ2v) is 5.79. The molecule has 120 valence electrons. The van der Waals surface area contributed by atoms with Gasteiger partial charge >= 0.3 is 0 Å². The molecule has 0 saturated carbocycles. The Morgan fingerprint density at radius 2 is 1.71 bits per heavy atom. The number of hydrogen-bond acceptors (Lipinski definition) is 4. The van der Waals surface area contributed by atoms with Crippen molar-refractivity contribution in [1.82, 2.24) is 10.3 Å². The van der Waals surface area contributed by atoms with Crippen LogP contribution < -0.4 is 10.6 Å². The number of rotatable bonds is 5. The van der Waals surface area contributed by atoms with Crippen molar-refractivity contribution in [3.05, 3.63) is 84.2 Å². The fourth-order valence-corrected chi connectivity index (χ4v) is 2.36. The number of aromatic nitrogens is 1. The highest BCUT2D eigenvalue weighted by Crippen LogP contribution is 2.18. The lowest BCUT2D eigenvalue weighted by Gasteiger charge is -2.09. The Labute approximate surface area is 146 Å². The molecule has 1 aromatic heterocycles. The van der Waals surface area contributed by atoms with Crippen molar-refractivity contribution in [2.75, 3.05) is 5.32 Å². The van der Waals surface area contributed by atoms with E-state index in [0.717, 1.165) is 21.8 Å². The van der Waals surface area contributed by atoms with Gasteiger partial charge in [0.2, 0.25) is 0 Å². The monoisotopic (exact) mass is 335 g/mol. The van der Waals surface area contributed by atoms with E-state index in [1.807, 2.05) is 60.7 Å². The van der Waals surface area contributed by atoms with Gasteiger partial charge in [0.05, 0.1) is 0 Å². The van der Waals surface area contributed by atoms with Crippen molar-refractivity contribution in [1.29, 1.82) is 0 Å². The summed E-state index contributed by atoms with van der Waals surface area (Å²) in [4.78, 5) is 17.3. The summed E-state index contributed by atoms with van der Waals surface area (Å²) in [6, 6.07) is 21.0. The molecule has 0 aliphatic carbocycles. The standard InChI is InChI=1S/C19H17N3OS/c23-19(21-13-14-4-2-1-3-5-14)18-12-16(10-11-20-18)22-15-6-8-17(24)9-7-15/h1-12,24H,13H2,(H,20,22)(H,21,23). The Bertz CT molecular complexity index is 820. The molecule has 3 rings (SSSR count). The zero-order valence-corrected chi connectivity index (χ0v) is 13.8. The number of nitrogens with zero attached hydrogens (tertiary/aromatic N) is 1. The minimum atomic E-state index is -0.201. The highest BCUT2D eigenvalue weighted by molar-refractivity contribution is 7.80. The molecule has 0 spiro atoms. The molecule has 0 bridgehead atoms. The molecule has 2 N–H and O–H groups in total. The molecule has 0 fully saturated rings. The molecule has 0 aliphatic heterocycles. The number of benzene rings is 2. The van der Waals surface area contributed by atoms with E-state index >= 15 is 0 Å².